The van der Waals surface area contributed by atoms with Gasteiger partial charge in [0.2, 0.25) is 0 Å². The molecule has 4 aromatic rings. The number of carbonyl (C=O) groups is 1. The summed E-state index contributed by atoms with van der Waals surface area (Å²) in [5.74, 6) is 1.74. The van der Waals surface area contributed by atoms with E-state index in [9.17, 15) is 9.90 Å². The number of nitrogens with two attached hydrogens (primary N) is 1. The van der Waals surface area contributed by atoms with Gasteiger partial charge in [-0.1, -0.05) is 36.4 Å². The Morgan fingerprint density at radius 2 is 1.62 bits per heavy atom. The maximum absolute atomic E-state index is 10.9. The normalized spacial score (nSPS) is 11.9. The first-order valence-electron chi connectivity index (χ1n) is 8.93. The highest BCUT2D eigenvalue weighted by atomic mass is 16.5. The Hall–Kier alpha value is -3.84. The SMILES string of the molecule is COc1ccc(C(O)c2ccc(-c3nc4cc(OC(N)=O)ccc4[nH]3)cc2)cc1. The van der Waals surface area contributed by atoms with Crippen molar-refractivity contribution in [3.63, 3.8) is 0 Å². The number of hydrogen-bond donors (Lipinski definition) is 3. The number of ether oxygens (including phenoxy) is 2. The minimum Gasteiger partial charge on any atom is -0.497 e. The highest BCUT2D eigenvalue weighted by Gasteiger charge is 2.12. The van der Waals surface area contributed by atoms with Gasteiger partial charge < -0.3 is 25.3 Å². The summed E-state index contributed by atoms with van der Waals surface area (Å²) < 4.78 is 10.0. The summed E-state index contributed by atoms with van der Waals surface area (Å²) in [6, 6.07) is 19.9. The Morgan fingerprint density at radius 1 is 1.00 bits per heavy atom. The van der Waals surface area contributed by atoms with Crippen LogP contribution < -0.4 is 15.2 Å². The molecule has 7 heteroatoms. The fourth-order valence-electron chi connectivity index (χ4n) is 3.10. The molecular weight excluding hydrogens is 370 g/mol. The fourth-order valence-corrected chi connectivity index (χ4v) is 3.10. The highest BCUT2D eigenvalue weighted by Crippen LogP contribution is 2.27. The van der Waals surface area contributed by atoms with Gasteiger partial charge in [-0.3, -0.25) is 0 Å². The second-order valence-electron chi connectivity index (χ2n) is 6.48. The summed E-state index contributed by atoms with van der Waals surface area (Å²) in [7, 11) is 1.60. The van der Waals surface area contributed by atoms with Gasteiger partial charge in [0.15, 0.2) is 0 Å². The van der Waals surface area contributed by atoms with Gasteiger partial charge in [-0.15, -0.1) is 0 Å². The Kier molecular flexibility index (Phi) is 4.88. The van der Waals surface area contributed by atoms with Gasteiger partial charge in [-0.05, 0) is 35.4 Å². The van der Waals surface area contributed by atoms with Crippen LogP contribution in [-0.2, 0) is 0 Å². The number of aliphatic hydroxyl groups is 1. The number of nitrogens with one attached hydrogen (secondary N) is 1. The van der Waals surface area contributed by atoms with Gasteiger partial charge in [0, 0.05) is 11.6 Å². The first-order chi connectivity index (χ1) is 14.0. The number of nitrogens with zero attached hydrogens (tertiary/aromatic N) is 1. The lowest BCUT2D eigenvalue weighted by Gasteiger charge is -2.12. The molecule has 3 aromatic carbocycles. The van der Waals surface area contributed by atoms with E-state index < -0.39 is 12.2 Å². The van der Waals surface area contributed by atoms with Crippen LogP contribution in [0.25, 0.3) is 22.4 Å². The molecule has 0 saturated carbocycles. The molecule has 4 rings (SSSR count). The summed E-state index contributed by atoms with van der Waals surface area (Å²) in [6.07, 6.45) is -1.61. The number of primary amides is 1. The molecule has 29 heavy (non-hydrogen) atoms. The monoisotopic (exact) mass is 389 g/mol. The predicted molar refractivity (Wildman–Crippen MR) is 109 cm³/mol. The lowest BCUT2D eigenvalue weighted by molar-refractivity contribution is 0.211. The topological polar surface area (TPSA) is 110 Å². The zero-order chi connectivity index (χ0) is 20.4. The van der Waals surface area contributed by atoms with Crippen LogP contribution in [0.15, 0.2) is 66.7 Å². The first kappa shape index (κ1) is 18.5. The van der Waals surface area contributed by atoms with Crippen LogP contribution in [-0.4, -0.2) is 28.3 Å². The number of H-pyrrole nitrogens is 1. The number of rotatable bonds is 5. The number of fused-ring (bicyclic) bond motifs is 1. The van der Waals surface area contributed by atoms with Gasteiger partial charge in [0.25, 0.3) is 0 Å². The zero-order valence-electron chi connectivity index (χ0n) is 15.6. The minimum absolute atomic E-state index is 0.334. The van der Waals surface area contributed by atoms with Crippen molar-refractivity contribution in [2.45, 2.75) is 6.10 Å². The van der Waals surface area contributed by atoms with Crippen LogP contribution in [0.1, 0.15) is 17.2 Å². The van der Waals surface area contributed by atoms with Crippen molar-refractivity contribution < 1.29 is 19.4 Å². The Bertz CT molecular complexity index is 1150. The number of hydrogen-bond acceptors (Lipinski definition) is 5. The average molecular weight is 389 g/mol. The molecule has 1 unspecified atom stereocenters. The van der Waals surface area contributed by atoms with Crippen molar-refractivity contribution in [3.05, 3.63) is 77.9 Å². The zero-order valence-corrected chi connectivity index (χ0v) is 15.6. The van der Waals surface area contributed by atoms with E-state index >= 15 is 0 Å². The van der Waals surface area contributed by atoms with Crippen LogP contribution in [0.5, 0.6) is 11.5 Å². The molecule has 0 bridgehead atoms. The van der Waals surface area contributed by atoms with Gasteiger partial charge in [-0.25, -0.2) is 9.78 Å². The highest BCUT2D eigenvalue weighted by molar-refractivity contribution is 5.81. The van der Waals surface area contributed by atoms with Crippen molar-refractivity contribution in [1.29, 1.82) is 0 Å². The van der Waals surface area contributed by atoms with Gasteiger partial charge in [0.05, 0.1) is 18.1 Å². The van der Waals surface area contributed by atoms with Gasteiger partial charge in [0.1, 0.15) is 23.4 Å². The molecule has 0 saturated heterocycles. The second-order valence-corrected chi connectivity index (χ2v) is 6.48. The van der Waals surface area contributed by atoms with Crippen molar-refractivity contribution >= 4 is 17.1 Å². The summed E-state index contributed by atoms with van der Waals surface area (Å²) in [5.41, 5.74) is 8.92. The molecule has 1 atom stereocenters. The summed E-state index contributed by atoms with van der Waals surface area (Å²) in [6.45, 7) is 0. The third-order valence-electron chi connectivity index (χ3n) is 4.60. The van der Waals surface area contributed by atoms with E-state index in [-0.39, 0.29) is 0 Å². The van der Waals surface area contributed by atoms with E-state index in [0.717, 1.165) is 28.0 Å². The van der Waals surface area contributed by atoms with E-state index in [4.69, 9.17) is 15.2 Å². The molecular formula is C22H19N3O4. The Morgan fingerprint density at radius 3 is 2.24 bits per heavy atom. The molecule has 0 fully saturated rings. The number of aromatic nitrogens is 2. The molecule has 1 aromatic heterocycles. The van der Waals surface area contributed by atoms with Crippen LogP contribution in [0.4, 0.5) is 4.79 Å². The van der Waals surface area contributed by atoms with Gasteiger partial charge in [-0.2, -0.15) is 0 Å². The molecule has 0 spiro atoms. The van der Waals surface area contributed by atoms with E-state index in [2.05, 4.69) is 9.97 Å². The molecule has 146 valence electrons. The summed E-state index contributed by atoms with van der Waals surface area (Å²) >= 11 is 0. The van der Waals surface area contributed by atoms with Crippen molar-refractivity contribution in [2.24, 2.45) is 5.73 Å². The van der Waals surface area contributed by atoms with E-state index in [1.807, 2.05) is 48.5 Å². The molecule has 0 aliphatic carbocycles. The van der Waals surface area contributed by atoms with E-state index in [1.54, 1.807) is 25.3 Å². The molecule has 7 nitrogen and oxygen atoms in total. The largest absolute Gasteiger partial charge is 0.497 e. The third-order valence-corrected chi connectivity index (χ3v) is 4.60. The van der Waals surface area contributed by atoms with E-state index in [0.29, 0.717) is 17.1 Å². The van der Waals surface area contributed by atoms with Gasteiger partial charge >= 0.3 is 6.09 Å². The smallest absolute Gasteiger partial charge is 0.409 e. The first-order valence-corrected chi connectivity index (χ1v) is 8.93. The molecule has 0 aliphatic heterocycles. The molecule has 1 amide bonds. The third kappa shape index (κ3) is 3.90. The average Bonchev–Trinajstić information content (AvgIpc) is 3.16. The maximum Gasteiger partial charge on any atom is 0.409 e. The number of benzene rings is 3. The number of carbonyl (C=O) groups excluding carboxylic acids is 1. The Balaban J connectivity index is 1.57. The predicted octanol–water partition coefficient (Wildman–Crippen LogP) is 3.78. The number of aromatic amines is 1. The number of methoxy groups -OCH3 is 1. The summed E-state index contributed by atoms with van der Waals surface area (Å²) in [5, 5.41) is 10.6. The fraction of sp³-hybridized carbons (Fsp3) is 0.0909. The number of amides is 1. The quantitative estimate of drug-likeness (QED) is 0.481. The second kappa shape index (κ2) is 7.65. The Labute approximate surface area is 166 Å². The molecule has 0 aliphatic rings. The molecule has 4 N–H and O–H groups in total. The van der Waals surface area contributed by atoms with Crippen LogP contribution in [0, 0.1) is 0 Å². The van der Waals surface area contributed by atoms with Crippen LogP contribution in [0.3, 0.4) is 0 Å². The summed E-state index contributed by atoms with van der Waals surface area (Å²) in [4.78, 5) is 18.7. The number of aliphatic hydroxyl groups excluding tert-OH is 1. The lowest BCUT2D eigenvalue weighted by Crippen LogP contribution is -2.16. The number of imidazole rings is 1. The minimum atomic E-state index is -0.869. The molecule has 0 radical (unpaired) electrons. The van der Waals surface area contributed by atoms with Crippen molar-refractivity contribution in [1.82, 2.24) is 9.97 Å². The molecule has 1 heterocycles. The maximum atomic E-state index is 10.9. The van der Waals surface area contributed by atoms with Crippen molar-refractivity contribution in [2.75, 3.05) is 7.11 Å². The van der Waals surface area contributed by atoms with Crippen molar-refractivity contribution in [3.8, 4) is 22.9 Å². The van der Waals surface area contributed by atoms with E-state index in [1.165, 1.54) is 0 Å². The van der Waals surface area contributed by atoms with Crippen LogP contribution in [0.2, 0.25) is 0 Å². The van der Waals surface area contributed by atoms with Crippen LogP contribution >= 0.6 is 0 Å². The standard InChI is InChI=1S/C22H19N3O4/c1-28-16-8-6-14(7-9-16)20(26)13-2-4-15(5-3-13)21-24-18-11-10-17(29-22(23)27)12-19(18)25-21/h2-12,20,26H,1H3,(H2,23,27)(H,24,25). The lowest BCUT2D eigenvalue weighted by atomic mass is 10.0.